The second kappa shape index (κ2) is 6.12. The van der Waals surface area contributed by atoms with Crippen molar-refractivity contribution in [1.29, 1.82) is 0 Å². The van der Waals surface area contributed by atoms with Gasteiger partial charge < -0.3 is 10.1 Å². The van der Waals surface area contributed by atoms with Crippen LogP contribution in [0.1, 0.15) is 6.92 Å². The van der Waals surface area contributed by atoms with Gasteiger partial charge in [-0.3, -0.25) is 0 Å². The van der Waals surface area contributed by atoms with Crippen LogP contribution in [-0.4, -0.2) is 19.7 Å². The van der Waals surface area contributed by atoms with Gasteiger partial charge in [-0.15, -0.1) is 0 Å². The first-order valence-corrected chi connectivity index (χ1v) is 5.28. The van der Waals surface area contributed by atoms with Gasteiger partial charge in [-0.2, -0.15) is 0 Å². The number of hydrogen-bond acceptors (Lipinski definition) is 2. The van der Waals surface area contributed by atoms with Crippen molar-refractivity contribution < 1.29 is 4.74 Å². The van der Waals surface area contributed by atoms with Crippen LogP contribution < -0.4 is 10.1 Å². The molecule has 1 N–H and O–H groups in total. The highest BCUT2D eigenvalue weighted by Gasteiger charge is 2.05. The van der Waals surface area contributed by atoms with Crippen molar-refractivity contribution in [3.8, 4) is 5.75 Å². The van der Waals surface area contributed by atoms with E-state index < -0.39 is 0 Å². The molecule has 0 atom stereocenters. The van der Waals surface area contributed by atoms with Crippen molar-refractivity contribution in [3.05, 3.63) is 28.2 Å². The average molecular weight is 234 g/mol. The minimum atomic E-state index is 0.550. The van der Waals surface area contributed by atoms with Gasteiger partial charge in [0.15, 0.2) is 5.75 Å². The van der Waals surface area contributed by atoms with E-state index in [1.54, 1.807) is 18.2 Å². The Morgan fingerprint density at radius 2 is 1.93 bits per heavy atom. The fraction of sp³-hybridized carbons (Fsp3) is 0.400. The summed E-state index contributed by atoms with van der Waals surface area (Å²) >= 11 is 11.8. The van der Waals surface area contributed by atoms with E-state index in [2.05, 4.69) is 5.32 Å². The molecule has 0 amide bonds. The van der Waals surface area contributed by atoms with E-state index in [1.165, 1.54) is 0 Å². The molecule has 0 unspecified atom stereocenters. The van der Waals surface area contributed by atoms with E-state index in [9.17, 15) is 0 Å². The average Bonchev–Trinajstić information content (AvgIpc) is 2.16. The van der Waals surface area contributed by atoms with E-state index in [4.69, 9.17) is 27.9 Å². The summed E-state index contributed by atoms with van der Waals surface area (Å²) in [4.78, 5) is 0. The summed E-state index contributed by atoms with van der Waals surface area (Å²) in [6.07, 6.45) is 0. The van der Waals surface area contributed by atoms with E-state index in [1.807, 2.05) is 6.92 Å². The van der Waals surface area contributed by atoms with Crippen LogP contribution in [0, 0.1) is 0 Å². The van der Waals surface area contributed by atoms with Gasteiger partial charge in [-0.25, -0.2) is 0 Å². The molecule has 0 aliphatic heterocycles. The van der Waals surface area contributed by atoms with Crippen LogP contribution in [0.5, 0.6) is 5.75 Å². The maximum absolute atomic E-state index is 5.91. The Labute approximate surface area is 94.2 Å². The van der Waals surface area contributed by atoms with Crippen LogP contribution >= 0.6 is 23.2 Å². The summed E-state index contributed by atoms with van der Waals surface area (Å²) in [6.45, 7) is 4.33. The molecular formula is C10H13Cl2NO. The first kappa shape index (κ1) is 11.6. The largest absolute Gasteiger partial charge is 0.489 e. The quantitative estimate of drug-likeness (QED) is 0.791. The molecule has 0 saturated carbocycles. The minimum absolute atomic E-state index is 0.550. The molecule has 0 aromatic heterocycles. The van der Waals surface area contributed by atoms with E-state index in [0.29, 0.717) is 22.4 Å². The van der Waals surface area contributed by atoms with Crippen molar-refractivity contribution in [1.82, 2.24) is 5.32 Å². The monoisotopic (exact) mass is 233 g/mol. The summed E-state index contributed by atoms with van der Waals surface area (Å²) in [5, 5.41) is 4.25. The maximum Gasteiger partial charge on any atom is 0.156 e. The molecule has 1 aromatic carbocycles. The van der Waals surface area contributed by atoms with Crippen LogP contribution in [0.3, 0.4) is 0 Å². The predicted octanol–water partition coefficient (Wildman–Crippen LogP) is 2.98. The van der Waals surface area contributed by atoms with Gasteiger partial charge in [0.25, 0.3) is 0 Å². The van der Waals surface area contributed by atoms with E-state index in [-0.39, 0.29) is 0 Å². The minimum Gasteiger partial charge on any atom is -0.489 e. The number of likely N-dealkylation sites (N-methyl/N-ethyl adjacent to an activating group) is 1. The van der Waals surface area contributed by atoms with Crippen molar-refractivity contribution in [3.63, 3.8) is 0 Å². The van der Waals surface area contributed by atoms with E-state index in [0.717, 1.165) is 13.1 Å². The van der Waals surface area contributed by atoms with Gasteiger partial charge in [-0.05, 0) is 18.7 Å². The highest BCUT2D eigenvalue weighted by molar-refractivity contribution is 6.37. The Morgan fingerprint density at radius 1 is 1.29 bits per heavy atom. The lowest BCUT2D eigenvalue weighted by molar-refractivity contribution is 0.316. The summed E-state index contributed by atoms with van der Waals surface area (Å²) in [5.74, 6) is 0.564. The molecular weight excluding hydrogens is 221 g/mol. The van der Waals surface area contributed by atoms with Gasteiger partial charge >= 0.3 is 0 Å². The molecule has 0 fully saturated rings. The molecule has 0 radical (unpaired) electrons. The highest BCUT2D eigenvalue weighted by atomic mass is 35.5. The number of benzene rings is 1. The van der Waals surface area contributed by atoms with Crippen molar-refractivity contribution in [2.45, 2.75) is 6.92 Å². The zero-order chi connectivity index (χ0) is 10.4. The molecule has 2 nitrogen and oxygen atoms in total. The molecule has 0 spiro atoms. The van der Waals surface area contributed by atoms with Crippen molar-refractivity contribution >= 4 is 23.2 Å². The van der Waals surface area contributed by atoms with Gasteiger partial charge in [0, 0.05) is 6.54 Å². The molecule has 1 rings (SSSR count). The van der Waals surface area contributed by atoms with Crippen LogP contribution in [0.15, 0.2) is 18.2 Å². The number of ether oxygens (including phenoxy) is 1. The molecule has 4 heteroatoms. The Hall–Kier alpha value is -0.440. The summed E-state index contributed by atoms with van der Waals surface area (Å²) in [6, 6.07) is 5.31. The number of hydrogen-bond donors (Lipinski definition) is 1. The second-order valence-electron chi connectivity index (χ2n) is 2.75. The number of halogens is 2. The van der Waals surface area contributed by atoms with E-state index >= 15 is 0 Å². The summed E-state index contributed by atoms with van der Waals surface area (Å²) in [5.41, 5.74) is 0. The summed E-state index contributed by atoms with van der Waals surface area (Å²) < 4.78 is 5.44. The molecule has 0 saturated heterocycles. The smallest absolute Gasteiger partial charge is 0.156 e. The summed E-state index contributed by atoms with van der Waals surface area (Å²) in [7, 11) is 0. The number of nitrogens with one attached hydrogen (secondary N) is 1. The van der Waals surface area contributed by atoms with Gasteiger partial charge in [0.2, 0.25) is 0 Å². The first-order valence-electron chi connectivity index (χ1n) is 4.53. The van der Waals surface area contributed by atoms with Gasteiger partial charge in [-0.1, -0.05) is 36.2 Å². The Bertz CT molecular complexity index is 271. The Kier molecular flexibility index (Phi) is 5.09. The molecule has 0 heterocycles. The van der Waals surface area contributed by atoms with Crippen molar-refractivity contribution in [2.24, 2.45) is 0 Å². The SMILES string of the molecule is CCNCCOc1c(Cl)cccc1Cl. The molecule has 0 aliphatic carbocycles. The normalized spacial score (nSPS) is 10.2. The molecule has 78 valence electrons. The topological polar surface area (TPSA) is 21.3 Å². The fourth-order valence-electron chi connectivity index (χ4n) is 1.02. The number of rotatable bonds is 5. The third-order valence-corrected chi connectivity index (χ3v) is 2.29. The van der Waals surface area contributed by atoms with Crippen LogP contribution in [0.25, 0.3) is 0 Å². The highest BCUT2D eigenvalue weighted by Crippen LogP contribution is 2.31. The zero-order valence-corrected chi connectivity index (χ0v) is 9.53. The number of para-hydroxylation sites is 1. The first-order chi connectivity index (χ1) is 6.75. The van der Waals surface area contributed by atoms with Crippen molar-refractivity contribution in [2.75, 3.05) is 19.7 Å². The maximum atomic E-state index is 5.91. The standard InChI is InChI=1S/C10H13Cl2NO/c1-2-13-6-7-14-10-8(11)4-3-5-9(10)12/h3-5,13H,2,6-7H2,1H3. The van der Waals surface area contributed by atoms with Crippen LogP contribution in [-0.2, 0) is 0 Å². The lowest BCUT2D eigenvalue weighted by atomic mass is 10.3. The predicted molar refractivity (Wildman–Crippen MR) is 60.5 cm³/mol. The third-order valence-electron chi connectivity index (χ3n) is 1.69. The zero-order valence-electron chi connectivity index (χ0n) is 8.02. The lowest BCUT2D eigenvalue weighted by Gasteiger charge is -2.09. The molecule has 0 aliphatic rings. The lowest BCUT2D eigenvalue weighted by Crippen LogP contribution is -2.20. The molecule has 14 heavy (non-hydrogen) atoms. The van der Waals surface area contributed by atoms with Crippen LogP contribution in [0.4, 0.5) is 0 Å². The second-order valence-corrected chi connectivity index (χ2v) is 3.57. The molecule has 0 bridgehead atoms. The Balaban J connectivity index is 2.49. The van der Waals surface area contributed by atoms with Gasteiger partial charge in [0.05, 0.1) is 10.0 Å². The fourth-order valence-corrected chi connectivity index (χ4v) is 1.53. The van der Waals surface area contributed by atoms with Crippen LogP contribution in [0.2, 0.25) is 10.0 Å². The molecule has 1 aromatic rings. The third kappa shape index (κ3) is 3.37. The van der Waals surface area contributed by atoms with Gasteiger partial charge in [0.1, 0.15) is 6.61 Å². The Morgan fingerprint density at radius 3 is 2.50 bits per heavy atom.